The van der Waals surface area contributed by atoms with E-state index < -0.39 is 12.2 Å². The fourth-order valence-electron chi connectivity index (χ4n) is 1.64. The molecule has 17 heavy (non-hydrogen) atoms. The second-order valence-electron chi connectivity index (χ2n) is 3.72. The summed E-state index contributed by atoms with van der Waals surface area (Å²) in [4.78, 5) is 7.65. The van der Waals surface area contributed by atoms with Gasteiger partial charge in [0.15, 0.2) is 11.0 Å². The molecule has 0 saturated carbocycles. The molecule has 2 rings (SSSR count). The van der Waals surface area contributed by atoms with Crippen LogP contribution in [0.3, 0.4) is 0 Å². The van der Waals surface area contributed by atoms with Gasteiger partial charge in [0.1, 0.15) is 24.2 Å². The third-order valence-electron chi connectivity index (χ3n) is 2.62. The van der Waals surface area contributed by atoms with Crippen LogP contribution in [0.2, 0.25) is 5.15 Å². The highest BCUT2D eigenvalue weighted by atomic mass is 35.5. The first-order valence-electron chi connectivity index (χ1n) is 5.06. The maximum atomic E-state index is 9.81. The lowest BCUT2D eigenvalue weighted by Crippen LogP contribution is -2.37. The molecule has 7 nitrogen and oxygen atoms in total. The molecule has 2 heterocycles. The predicted octanol–water partition coefficient (Wildman–Crippen LogP) is -0.755. The first kappa shape index (κ1) is 12.3. The van der Waals surface area contributed by atoms with Crippen molar-refractivity contribution >= 4 is 23.1 Å². The highest BCUT2D eigenvalue weighted by Gasteiger charge is 2.35. The minimum atomic E-state index is -0.826. The van der Waals surface area contributed by atoms with Gasteiger partial charge in [-0.1, -0.05) is 11.6 Å². The molecule has 0 unspecified atom stereocenters. The quantitative estimate of drug-likeness (QED) is 0.529. The topological polar surface area (TPSA) is 114 Å². The summed E-state index contributed by atoms with van der Waals surface area (Å²) in [5.74, 6) is 0.344. The van der Waals surface area contributed by atoms with Gasteiger partial charge in [0.05, 0.1) is 19.3 Å². The van der Waals surface area contributed by atoms with Crippen molar-refractivity contribution in [2.24, 2.45) is 0 Å². The Morgan fingerprint density at radius 3 is 3.00 bits per heavy atom. The van der Waals surface area contributed by atoms with E-state index in [4.69, 9.17) is 27.2 Å². The van der Waals surface area contributed by atoms with Crippen LogP contribution >= 0.6 is 11.6 Å². The molecule has 94 valence electrons. The van der Waals surface area contributed by atoms with E-state index in [2.05, 4.69) is 15.3 Å². The molecule has 0 bridgehead atoms. The molecule has 3 atom stereocenters. The molecular formula is C9H13ClN4O3. The van der Waals surface area contributed by atoms with Gasteiger partial charge in [0, 0.05) is 0 Å². The Kier molecular flexibility index (Phi) is 3.63. The molecule has 1 aromatic heterocycles. The number of nitrogen functional groups attached to an aromatic ring is 1. The van der Waals surface area contributed by atoms with Crippen LogP contribution in [0, 0.1) is 0 Å². The predicted molar refractivity (Wildman–Crippen MR) is 61.7 cm³/mol. The smallest absolute Gasteiger partial charge is 0.157 e. The summed E-state index contributed by atoms with van der Waals surface area (Å²) in [7, 11) is 0. The van der Waals surface area contributed by atoms with Crippen LogP contribution in [0.25, 0.3) is 0 Å². The summed E-state index contributed by atoms with van der Waals surface area (Å²) in [5.41, 5.74) is 5.90. The number of rotatable bonds is 3. The van der Waals surface area contributed by atoms with Crippen LogP contribution in [0.15, 0.2) is 6.33 Å². The number of nitrogens with zero attached hydrogens (tertiary/aromatic N) is 2. The Hall–Kier alpha value is -1.15. The highest BCUT2D eigenvalue weighted by Crippen LogP contribution is 2.25. The highest BCUT2D eigenvalue weighted by molar-refractivity contribution is 6.32. The lowest BCUT2D eigenvalue weighted by molar-refractivity contribution is 0.00363. The van der Waals surface area contributed by atoms with Crippen LogP contribution in [0.5, 0.6) is 0 Å². The van der Waals surface area contributed by atoms with Gasteiger partial charge in [0.25, 0.3) is 0 Å². The first-order chi connectivity index (χ1) is 8.13. The van der Waals surface area contributed by atoms with Crippen molar-refractivity contribution in [2.75, 3.05) is 24.3 Å². The summed E-state index contributed by atoms with van der Waals surface area (Å²) >= 11 is 5.74. The first-order valence-corrected chi connectivity index (χ1v) is 5.44. The number of hydrogen-bond donors (Lipinski definition) is 4. The van der Waals surface area contributed by atoms with Crippen LogP contribution in [-0.2, 0) is 4.74 Å². The maximum Gasteiger partial charge on any atom is 0.157 e. The van der Waals surface area contributed by atoms with E-state index in [1.807, 2.05) is 0 Å². The van der Waals surface area contributed by atoms with Crippen molar-refractivity contribution < 1.29 is 14.9 Å². The monoisotopic (exact) mass is 260 g/mol. The van der Waals surface area contributed by atoms with Crippen molar-refractivity contribution in [3.63, 3.8) is 0 Å². The number of aliphatic hydroxyl groups is 2. The van der Waals surface area contributed by atoms with Gasteiger partial charge in [0.2, 0.25) is 0 Å². The van der Waals surface area contributed by atoms with Gasteiger partial charge in [-0.25, -0.2) is 9.97 Å². The van der Waals surface area contributed by atoms with E-state index in [1.165, 1.54) is 6.33 Å². The van der Waals surface area contributed by atoms with Crippen LogP contribution < -0.4 is 11.1 Å². The number of hydrogen-bond acceptors (Lipinski definition) is 7. The number of anilines is 2. The van der Waals surface area contributed by atoms with Crippen LogP contribution in [-0.4, -0.2) is 51.6 Å². The molecule has 1 fully saturated rings. The molecule has 0 spiro atoms. The molecule has 0 amide bonds. The molecule has 1 saturated heterocycles. The van der Waals surface area contributed by atoms with Gasteiger partial charge < -0.3 is 26.0 Å². The Balaban J connectivity index is 2.09. The molecule has 5 N–H and O–H groups in total. The van der Waals surface area contributed by atoms with E-state index >= 15 is 0 Å². The van der Waals surface area contributed by atoms with Crippen molar-refractivity contribution in [2.45, 2.75) is 18.2 Å². The van der Waals surface area contributed by atoms with Gasteiger partial charge in [-0.05, 0) is 0 Å². The second kappa shape index (κ2) is 5.01. The zero-order valence-corrected chi connectivity index (χ0v) is 9.63. The van der Waals surface area contributed by atoms with Crippen molar-refractivity contribution in [1.29, 1.82) is 0 Å². The normalized spacial score (nSPS) is 28.3. The molecule has 8 heteroatoms. The SMILES string of the molecule is Nc1c(Cl)ncnc1N[C@@H]1CO[C@H](CO)[C@H]1O. The summed E-state index contributed by atoms with van der Waals surface area (Å²) in [6.07, 6.45) is -0.147. The largest absolute Gasteiger partial charge is 0.394 e. The molecule has 1 aliphatic heterocycles. The van der Waals surface area contributed by atoms with Crippen molar-refractivity contribution in [3.05, 3.63) is 11.5 Å². The standard InChI is InChI=1S/C9H13ClN4O3/c10-8-6(11)9(13-3-12-8)14-4-2-17-5(1-15)7(4)16/h3-5,7,15-16H,1-2,11H2,(H,12,13,14)/t4-,5-,7+/m1/s1. The third-order valence-corrected chi connectivity index (χ3v) is 2.92. The van der Waals surface area contributed by atoms with E-state index in [0.29, 0.717) is 5.82 Å². The zero-order valence-electron chi connectivity index (χ0n) is 8.88. The molecule has 1 aliphatic rings. The molecule has 1 aromatic rings. The summed E-state index contributed by atoms with van der Waals surface area (Å²) < 4.78 is 5.19. The minimum absolute atomic E-state index is 0.148. The van der Waals surface area contributed by atoms with E-state index in [0.717, 1.165) is 0 Å². The average molecular weight is 261 g/mol. The van der Waals surface area contributed by atoms with Crippen molar-refractivity contribution in [1.82, 2.24) is 9.97 Å². The van der Waals surface area contributed by atoms with Gasteiger partial charge >= 0.3 is 0 Å². The van der Waals surface area contributed by atoms with Gasteiger partial charge in [-0.15, -0.1) is 0 Å². The van der Waals surface area contributed by atoms with E-state index in [9.17, 15) is 5.11 Å². The van der Waals surface area contributed by atoms with Gasteiger partial charge in [-0.3, -0.25) is 0 Å². The van der Waals surface area contributed by atoms with E-state index in [1.54, 1.807) is 0 Å². The molecular weight excluding hydrogens is 248 g/mol. The Morgan fingerprint density at radius 2 is 2.35 bits per heavy atom. The van der Waals surface area contributed by atoms with E-state index in [-0.39, 0.29) is 30.1 Å². The zero-order chi connectivity index (χ0) is 12.4. The number of nitrogens with one attached hydrogen (secondary N) is 1. The Bertz CT molecular complexity index is 406. The maximum absolute atomic E-state index is 9.81. The second-order valence-corrected chi connectivity index (χ2v) is 4.08. The van der Waals surface area contributed by atoms with Gasteiger partial charge in [-0.2, -0.15) is 0 Å². The Morgan fingerprint density at radius 1 is 1.59 bits per heavy atom. The fourth-order valence-corrected chi connectivity index (χ4v) is 1.77. The summed E-state index contributed by atoms with van der Waals surface area (Å²) in [5, 5.41) is 21.8. The molecule has 0 aliphatic carbocycles. The number of nitrogens with two attached hydrogens (primary N) is 1. The molecule has 0 aromatic carbocycles. The van der Waals surface area contributed by atoms with Crippen LogP contribution in [0.4, 0.5) is 11.5 Å². The minimum Gasteiger partial charge on any atom is -0.394 e. The number of aromatic nitrogens is 2. The van der Waals surface area contributed by atoms with Crippen molar-refractivity contribution in [3.8, 4) is 0 Å². The Labute approximate surface area is 103 Å². The molecule has 0 radical (unpaired) electrons. The van der Waals surface area contributed by atoms with Crippen LogP contribution in [0.1, 0.15) is 0 Å². The number of aliphatic hydroxyl groups excluding tert-OH is 2. The summed E-state index contributed by atoms with van der Waals surface area (Å²) in [6.45, 7) is 0.0206. The fraction of sp³-hybridized carbons (Fsp3) is 0.556. The number of ether oxygens (including phenoxy) is 1. The lowest BCUT2D eigenvalue weighted by Gasteiger charge is -2.18. The lowest BCUT2D eigenvalue weighted by atomic mass is 10.1. The average Bonchev–Trinajstić information content (AvgIpc) is 2.66. The number of halogens is 1. The summed E-state index contributed by atoms with van der Waals surface area (Å²) in [6, 6.07) is -0.389. The third kappa shape index (κ3) is 2.42.